The number of aromatic nitrogens is 3. The number of aliphatic hydroxyl groups excluding tert-OH is 1. The van der Waals surface area contributed by atoms with Crippen LogP contribution in [0.1, 0.15) is 15.9 Å². The molecule has 0 saturated carbocycles. The molecule has 1 aliphatic rings. The number of hydrogen-bond donors (Lipinski definition) is 2. The molecule has 0 radical (unpaired) electrons. The maximum absolute atomic E-state index is 13.8. The fourth-order valence-electron chi connectivity index (χ4n) is 2.98. The molecular weight excluding hydrogens is 353 g/mol. The molecule has 2 bridgehead atoms. The van der Waals surface area contributed by atoms with Crippen LogP contribution in [0, 0.1) is 5.82 Å². The van der Waals surface area contributed by atoms with Gasteiger partial charge in [-0.3, -0.25) is 4.79 Å². The number of amides is 1. The van der Waals surface area contributed by atoms with Crippen molar-refractivity contribution in [3.63, 3.8) is 0 Å². The Kier molecular flexibility index (Phi) is 4.36. The van der Waals surface area contributed by atoms with Gasteiger partial charge in [0.05, 0.1) is 19.3 Å². The highest BCUT2D eigenvalue weighted by atomic mass is 19.1. The van der Waals surface area contributed by atoms with Crippen molar-refractivity contribution in [2.45, 2.75) is 12.6 Å². The van der Waals surface area contributed by atoms with Gasteiger partial charge in [0.1, 0.15) is 29.1 Å². The summed E-state index contributed by atoms with van der Waals surface area (Å²) in [5.74, 6) is 0.299. The number of rotatable bonds is 1. The molecule has 1 amide bonds. The molecule has 2 N–H and O–H groups in total. The number of aliphatic hydroxyl groups is 1. The maximum atomic E-state index is 13.8. The van der Waals surface area contributed by atoms with Crippen LogP contribution in [0.15, 0.2) is 36.7 Å². The van der Waals surface area contributed by atoms with Gasteiger partial charge in [0.15, 0.2) is 5.65 Å². The summed E-state index contributed by atoms with van der Waals surface area (Å²) < 4.78 is 21.1. The van der Waals surface area contributed by atoms with Crippen molar-refractivity contribution in [2.75, 3.05) is 25.1 Å². The van der Waals surface area contributed by atoms with E-state index in [0.717, 1.165) is 0 Å². The predicted octanol–water partition coefficient (Wildman–Crippen LogP) is 0.988. The molecule has 8 nitrogen and oxygen atoms in total. The summed E-state index contributed by atoms with van der Waals surface area (Å²) in [4.78, 5) is 18.9. The number of nitrogens with one attached hydrogen (secondary N) is 1. The second kappa shape index (κ2) is 6.84. The lowest BCUT2D eigenvalue weighted by Crippen LogP contribution is -2.37. The minimum Gasteiger partial charge on any atom is -0.486 e. The quantitative estimate of drug-likeness (QED) is 0.663. The van der Waals surface area contributed by atoms with Crippen LogP contribution < -0.4 is 15.0 Å². The summed E-state index contributed by atoms with van der Waals surface area (Å²) in [5, 5.41) is 16.5. The van der Waals surface area contributed by atoms with Gasteiger partial charge in [-0.1, -0.05) is 0 Å². The lowest BCUT2D eigenvalue weighted by molar-refractivity contribution is 0.0870. The molecule has 3 aromatic rings. The molecule has 4 rings (SSSR count). The van der Waals surface area contributed by atoms with Crippen LogP contribution in [-0.4, -0.2) is 51.9 Å². The molecule has 0 saturated heterocycles. The Morgan fingerprint density at radius 1 is 1.41 bits per heavy atom. The highest BCUT2D eigenvalue weighted by Gasteiger charge is 2.20. The summed E-state index contributed by atoms with van der Waals surface area (Å²) in [7, 11) is 1.81. The topological polar surface area (TPSA) is 92.0 Å². The summed E-state index contributed by atoms with van der Waals surface area (Å²) in [6.45, 7) is 0.112. The van der Waals surface area contributed by atoms with E-state index in [2.05, 4.69) is 15.4 Å². The van der Waals surface area contributed by atoms with Crippen LogP contribution in [0.3, 0.4) is 0 Å². The van der Waals surface area contributed by atoms with Crippen molar-refractivity contribution in [1.82, 2.24) is 19.9 Å². The number of carbonyl (C=O) groups excluding carboxylic acids is 1. The first-order valence-electron chi connectivity index (χ1n) is 8.45. The van der Waals surface area contributed by atoms with E-state index < -0.39 is 6.10 Å². The monoisotopic (exact) mass is 371 g/mol. The van der Waals surface area contributed by atoms with Crippen LogP contribution in [0.4, 0.5) is 10.2 Å². The lowest BCUT2D eigenvalue weighted by atomic mass is 10.1. The second-order valence-electron chi connectivity index (χ2n) is 6.35. The smallest absolute Gasteiger partial charge is 0.256 e. The van der Waals surface area contributed by atoms with Gasteiger partial charge < -0.3 is 20.1 Å². The first kappa shape index (κ1) is 17.2. The number of nitrogens with zero attached hydrogens (tertiary/aromatic N) is 4. The zero-order chi connectivity index (χ0) is 19.0. The fraction of sp³-hybridized carbons (Fsp3) is 0.278. The highest BCUT2D eigenvalue weighted by molar-refractivity contribution is 5.99. The van der Waals surface area contributed by atoms with Gasteiger partial charge in [0.2, 0.25) is 0 Å². The molecule has 1 aromatic carbocycles. The molecule has 1 aliphatic heterocycles. The van der Waals surface area contributed by atoms with Crippen LogP contribution in [0.2, 0.25) is 0 Å². The molecule has 140 valence electrons. The molecular formula is C18H18FN5O3. The van der Waals surface area contributed by atoms with Crippen LogP contribution in [0.5, 0.6) is 5.75 Å². The van der Waals surface area contributed by atoms with Crippen molar-refractivity contribution < 1.29 is 19.0 Å². The Morgan fingerprint density at radius 3 is 3.07 bits per heavy atom. The molecule has 1 unspecified atom stereocenters. The Hall–Kier alpha value is -3.20. The van der Waals surface area contributed by atoms with Crippen molar-refractivity contribution in [1.29, 1.82) is 0 Å². The summed E-state index contributed by atoms with van der Waals surface area (Å²) in [6.07, 6.45) is 2.48. The average molecular weight is 371 g/mol. The summed E-state index contributed by atoms with van der Waals surface area (Å²) in [6, 6.07) is 5.97. The highest BCUT2D eigenvalue weighted by Crippen LogP contribution is 2.25. The molecule has 0 spiro atoms. The summed E-state index contributed by atoms with van der Waals surface area (Å²) >= 11 is 0. The van der Waals surface area contributed by atoms with Gasteiger partial charge in [0, 0.05) is 25.4 Å². The second-order valence-corrected chi connectivity index (χ2v) is 6.35. The molecule has 27 heavy (non-hydrogen) atoms. The first-order valence-corrected chi connectivity index (χ1v) is 8.45. The predicted molar refractivity (Wildman–Crippen MR) is 95.3 cm³/mol. The minimum absolute atomic E-state index is 0.0824. The zero-order valence-electron chi connectivity index (χ0n) is 14.6. The van der Waals surface area contributed by atoms with Gasteiger partial charge in [-0.25, -0.2) is 13.9 Å². The Labute approximate surface area is 154 Å². The summed E-state index contributed by atoms with van der Waals surface area (Å²) in [5.41, 5.74) is 1.35. The van der Waals surface area contributed by atoms with E-state index in [1.807, 2.05) is 11.9 Å². The van der Waals surface area contributed by atoms with E-state index >= 15 is 0 Å². The number of benzene rings is 1. The van der Waals surface area contributed by atoms with Gasteiger partial charge in [-0.05, 0) is 24.3 Å². The first-order chi connectivity index (χ1) is 13.0. The van der Waals surface area contributed by atoms with E-state index in [-0.39, 0.29) is 24.9 Å². The molecule has 1 atom stereocenters. The third-order valence-corrected chi connectivity index (χ3v) is 4.41. The lowest BCUT2D eigenvalue weighted by Gasteiger charge is -2.22. The number of hydrogen-bond acceptors (Lipinski definition) is 6. The normalized spacial score (nSPS) is 17.5. The SMILES string of the molecule is CN1Cc2cc(F)ccc2OC(CO)CNC(=O)c2cnn3ccc1nc23. The Balaban J connectivity index is 1.82. The van der Waals surface area contributed by atoms with Gasteiger partial charge in [-0.2, -0.15) is 5.10 Å². The molecule has 0 fully saturated rings. The van der Waals surface area contributed by atoms with Crippen LogP contribution >= 0.6 is 0 Å². The van der Waals surface area contributed by atoms with Gasteiger partial charge in [0.25, 0.3) is 5.91 Å². The standard InChI is InChI=1S/C18H18FN5O3/c1-23-9-11-6-12(19)2-3-15(11)27-13(10-25)7-20-18(26)14-8-21-24-5-4-16(23)22-17(14)24/h2-6,8,13,25H,7,9-10H2,1H3,(H,20,26). The molecule has 3 heterocycles. The van der Waals surface area contributed by atoms with E-state index in [4.69, 9.17) is 4.74 Å². The van der Waals surface area contributed by atoms with Gasteiger partial charge in [-0.15, -0.1) is 0 Å². The number of carbonyl (C=O) groups is 1. The van der Waals surface area contributed by atoms with Gasteiger partial charge >= 0.3 is 0 Å². The fourth-order valence-corrected chi connectivity index (χ4v) is 2.98. The van der Waals surface area contributed by atoms with E-state index in [1.54, 1.807) is 12.3 Å². The Bertz CT molecular complexity index is 1010. The molecule has 2 aromatic heterocycles. The number of ether oxygens (including phenoxy) is 1. The molecule has 9 heteroatoms. The van der Waals surface area contributed by atoms with E-state index in [0.29, 0.717) is 34.9 Å². The average Bonchev–Trinajstić information content (AvgIpc) is 3.09. The Morgan fingerprint density at radius 2 is 2.26 bits per heavy atom. The molecule has 0 aliphatic carbocycles. The number of halogens is 1. The van der Waals surface area contributed by atoms with E-state index in [1.165, 1.54) is 28.9 Å². The third-order valence-electron chi connectivity index (χ3n) is 4.41. The van der Waals surface area contributed by atoms with Crippen molar-refractivity contribution in [3.05, 3.63) is 53.6 Å². The van der Waals surface area contributed by atoms with Crippen molar-refractivity contribution >= 4 is 17.4 Å². The minimum atomic E-state index is -0.675. The van der Waals surface area contributed by atoms with Crippen molar-refractivity contribution in [3.8, 4) is 5.75 Å². The zero-order valence-corrected chi connectivity index (χ0v) is 14.6. The number of anilines is 1. The third kappa shape index (κ3) is 3.28. The van der Waals surface area contributed by atoms with Crippen LogP contribution in [-0.2, 0) is 6.54 Å². The number of fused-ring (bicyclic) bond motifs is 2. The largest absolute Gasteiger partial charge is 0.486 e. The van der Waals surface area contributed by atoms with E-state index in [9.17, 15) is 14.3 Å². The van der Waals surface area contributed by atoms with Crippen LogP contribution in [0.25, 0.3) is 5.65 Å². The van der Waals surface area contributed by atoms with Crippen molar-refractivity contribution in [2.24, 2.45) is 0 Å². The maximum Gasteiger partial charge on any atom is 0.256 e.